The molecule has 0 spiro atoms. The Hall–Kier alpha value is -1.61. The van der Waals surface area contributed by atoms with Gasteiger partial charge in [0.2, 0.25) is 0 Å². The average molecular weight is 389 g/mol. The van der Waals surface area contributed by atoms with E-state index in [0.29, 0.717) is 5.75 Å². The van der Waals surface area contributed by atoms with Crippen molar-refractivity contribution in [3.63, 3.8) is 0 Å². The van der Waals surface area contributed by atoms with E-state index in [1.807, 2.05) is 14.1 Å². The number of H-pyrrole nitrogens is 2. The zero-order chi connectivity index (χ0) is 20.6. The van der Waals surface area contributed by atoms with Gasteiger partial charge in [0, 0.05) is 45.3 Å². The molecule has 27 heavy (non-hydrogen) atoms. The first kappa shape index (κ1) is 27.6. The second-order valence-electron chi connectivity index (χ2n) is 5.09. The standard InChI is InChI=1S/C8H17NO2S.2C3H4N2.C2H5B3/c1-2-3-4-5-9-7(6-12)8(10)11;2*1-2-5-3-4-1;1-2-4-5-3/h7,9,12H,2-6H2,1H3,(H,10,11);2*1-3H,(H,4,5);2H2,1H3. The lowest BCUT2D eigenvalue weighted by Gasteiger charge is -2.10. The molecule has 4 N–H and O–H groups in total. The van der Waals surface area contributed by atoms with Crippen LogP contribution in [-0.4, -0.2) is 71.3 Å². The Kier molecular flexibility index (Phi) is 24.9. The number of rotatable bonds is 9. The van der Waals surface area contributed by atoms with E-state index < -0.39 is 12.0 Å². The lowest BCUT2D eigenvalue weighted by atomic mass is 9.27. The number of carboxylic acid groups (broad SMARTS) is 1. The summed E-state index contributed by atoms with van der Waals surface area (Å²) in [6.45, 7) is 4.93. The van der Waals surface area contributed by atoms with Gasteiger partial charge >= 0.3 is 5.97 Å². The minimum absolute atomic E-state index is 0.349. The third-order valence-electron chi connectivity index (χ3n) is 2.84. The molecule has 1 atom stereocenters. The summed E-state index contributed by atoms with van der Waals surface area (Å²) < 4.78 is 0. The Labute approximate surface area is 171 Å². The zero-order valence-corrected chi connectivity index (χ0v) is 17.1. The number of aliphatic carboxylic acids is 1. The molecule has 0 aliphatic heterocycles. The van der Waals surface area contributed by atoms with Crippen LogP contribution in [0, 0.1) is 0 Å². The highest BCUT2D eigenvalue weighted by molar-refractivity contribution is 7.80. The summed E-state index contributed by atoms with van der Waals surface area (Å²) in [5, 5.41) is 11.5. The molecule has 0 saturated carbocycles. The van der Waals surface area contributed by atoms with Crippen molar-refractivity contribution in [3.8, 4) is 0 Å². The number of thiol groups is 1. The van der Waals surface area contributed by atoms with Crippen molar-refractivity contribution in [1.29, 1.82) is 0 Å². The summed E-state index contributed by atoms with van der Waals surface area (Å²) in [6.07, 6.45) is 14.5. The molecule has 4 radical (unpaired) electrons. The average Bonchev–Trinajstić information content (AvgIpc) is 3.41. The molecule has 0 amide bonds. The van der Waals surface area contributed by atoms with Crippen molar-refractivity contribution in [2.45, 2.75) is 45.5 Å². The summed E-state index contributed by atoms with van der Waals surface area (Å²) in [6, 6.07) is -0.495. The van der Waals surface area contributed by atoms with Crippen LogP contribution >= 0.6 is 12.6 Å². The number of aromatic nitrogens is 4. The van der Waals surface area contributed by atoms with Gasteiger partial charge in [-0.25, -0.2) is 9.97 Å². The van der Waals surface area contributed by atoms with Crippen LogP contribution in [0.15, 0.2) is 37.4 Å². The quantitative estimate of drug-likeness (QED) is 0.256. The van der Waals surface area contributed by atoms with Crippen LogP contribution in [0.3, 0.4) is 0 Å². The van der Waals surface area contributed by atoms with E-state index in [-0.39, 0.29) is 0 Å². The molecule has 2 aromatic rings. The van der Waals surface area contributed by atoms with Crippen molar-refractivity contribution in [3.05, 3.63) is 37.4 Å². The van der Waals surface area contributed by atoms with Gasteiger partial charge in [0.25, 0.3) is 0 Å². The Morgan fingerprint density at radius 2 is 1.81 bits per heavy atom. The number of nitrogens with zero attached hydrogens (tertiary/aromatic N) is 2. The normalized spacial score (nSPS) is 9.89. The van der Waals surface area contributed by atoms with Crippen molar-refractivity contribution in [1.82, 2.24) is 25.3 Å². The van der Waals surface area contributed by atoms with Crippen molar-refractivity contribution in [2.75, 3.05) is 12.3 Å². The molecule has 2 heterocycles. The van der Waals surface area contributed by atoms with Gasteiger partial charge < -0.3 is 20.4 Å². The van der Waals surface area contributed by atoms with Crippen molar-refractivity contribution in [2.24, 2.45) is 0 Å². The zero-order valence-electron chi connectivity index (χ0n) is 16.2. The van der Waals surface area contributed by atoms with Crippen LogP contribution in [0.5, 0.6) is 0 Å². The number of hydrogen-bond donors (Lipinski definition) is 5. The van der Waals surface area contributed by atoms with Gasteiger partial charge in [-0.15, -0.1) is 0 Å². The number of hydrogen-bond acceptors (Lipinski definition) is 5. The lowest BCUT2D eigenvalue weighted by molar-refractivity contribution is -0.138. The molecule has 0 bridgehead atoms. The number of unbranched alkanes of at least 4 members (excludes halogenated alkanes) is 2. The molecule has 11 heteroatoms. The van der Waals surface area contributed by atoms with E-state index in [1.165, 1.54) is 0 Å². The predicted octanol–water partition coefficient (Wildman–Crippen LogP) is 1.80. The highest BCUT2D eigenvalue weighted by Gasteiger charge is 2.12. The lowest BCUT2D eigenvalue weighted by Crippen LogP contribution is -2.38. The van der Waals surface area contributed by atoms with E-state index in [0.717, 1.165) is 32.1 Å². The highest BCUT2D eigenvalue weighted by atomic mass is 32.1. The van der Waals surface area contributed by atoms with Crippen molar-refractivity contribution < 1.29 is 9.90 Å². The summed E-state index contributed by atoms with van der Waals surface area (Å²) in [5.41, 5.74) is 0. The Morgan fingerprint density at radius 1 is 1.22 bits per heavy atom. The van der Waals surface area contributed by atoms with Gasteiger partial charge in [0.15, 0.2) is 0 Å². The Balaban J connectivity index is 0. The SMILES string of the molecule is CCCCCNC(CS)C(=O)O.[B][B][B]CC.c1c[nH]cn1.c1c[nH]cn1. The molecule has 2 rings (SSSR count). The third kappa shape index (κ3) is 24.4. The maximum Gasteiger partial charge on any atom is 0.321 e. The fourth-order valence-corrected chi connectivity index (χ4v) is 1.73. The maximum absolute atomic E-state index is 10.5. The molecular formula is C16H30B3N5O2S. The molecule has 0 aliphatic carbocycles. The highest BCUT2D eigenvalue weighted by Crippen LogP contribution is 1.93. The molecule has 0 aromatic carbocycles. The molecule has 1 unspecified atom stereocenters. The van der Waals surface area contributed by atoms with Gasteiger partial charge in [0.1, 0.15) is 6.04 Å². The van der Waals surface area contributed by atoms with Crippen LogP contribution in [0.1, 0.15) is 33.1 Å². The van der Waals surface area contributed by atoms with Crippen molar-refractivity contribution >= 4 is 40.6 Å². The molecular weight excluding hydrogens is 359 g/mol. The number of carbonyl (C=O) groups is 1. The molecule has 0 fully saturated rings. The number of aromatic amines is 2. The summed E-state index contributed by atoms with van der Waals surface area (Å²) in [4.78, 5) is 23.3. The number of imidazole rings is 2. The minimum atomic E-state index is -0.818. The van der Waals surface area contributed by atoms with Gasteiger partial charge in [-0.05, 0) is 13.0 Å². The first-order valence-corrected chi connectivity index (χ1v) is 9.56. The van der Waals surface area contributed by atoms with E-state index in [1.54, 1.807) is 44.5 Å². The first-order valence-electron chi connectivity index (χ1n) is 8.93. The van der Waals surface area contributed by atoms with E-state index in [4.69, 9.17) is 12.8 Å². The molecule has 146 valence electrons. The molecule has 7 nitrogen and oxygen atoms in total. The minimum Gasteiger partial charge on any atom is -0.480 e. The summed E-state index contributed by atoms with van der Waals surface area (Å²) >= 11 is 3.94. The monoisotopic (exact) mass is 389 g/mol. The maximum atomic E-state index is 10.5. The van der Waals surface area contributed by atoms with E-state index in [9.17, 15) is 4.79 Å². The largest absolute Gasteiger partial charge is 0.480 e. The fraction of sp³-hybridized carbons (Fsp3) is 0.562. The van der Waals surface area contributed by atoms with E-state index in [2.05, 4.69) is 44.8 Å². The van der Waals surface area contributed by atoms with Gasteiger partial charge in [-0.1, -0.05) is 33.0 Å². The van der Waals surface area contributed by atoms with Gasteiger partial charge in [-0.2, -0.15) is 12.6 Å². The predicted molar refractivity (Wildman–Crippen MR) is 118 cm³/mol. The first-order chi connectivity index (χ1) is 13.1. The summed E-state index contributed by atoms with van der Waals surface area (Å²) in [5.74, 6) is -0.469. The van der Waals surface area contributed by atoms with E-state index >= 15 is 0 Å². The number of carboxylic acids is 1. The Morgan fingerprint density at radius 3 is 2.04 bits per heavy atom. The van der Waals surface area contributed by atoms with Gasteiger partial charge in [0.05, 0.1) is 19.8 Å². The Bertz CT molecular complexity index is 416. The van der Waals surface area contributed by atoms with Crippen LogP contribution in [0.2, 0.25) is 6.32 Å². The van der Waals surface area contributed by atoms with Crippen LogP contribution < -0.4 is 5.32 Å². The topological polar surface area (TPSA) is 107 Å². The molecule has 0 saturated heterocycles. The van der Waals surface area contributed by atoms with Crippen LogP contribution in [-0.2, 0) is 4.79 Å². The third-order valence-corrected chi connectivity index (χ3v) is 3.20. The smallest absolute Gasteiger partial charge is 0.321 e. The molecule has 0 aliphatic rings. The fourth-order valence-electron chi connectivity index (χ4n) is 1.45. The summed E-state index contributed by atoms with van der Waals surface area (Å²) in [7, 11) is 8.42. The second kappa shape index (κ2) is 24.4. The second-order valence-corrected chi connectivity index (χ2v) is 5.46. The van der Waals surface area contributed by atoms with Crippen LogP contribution in [0.25, 0.3) is 0 Å². The number of nitrogens with one attached hydrogen (secondary N) is 3. The van der Waals surface area contributed by atoms with Gasteiger partial charge in [-0.3, -0.25) is 4.79 Å². The van der Waals surface area contributed by atoms with Crippen LogP contribution in [0.4, 0.5) is 0 Å². The molecule has 2 aromatic heterocycles.